The average Bonchev–Trinajstić information content (AvgIpc) is 2.72. The third-order valence-corrected chi connectivity index (χ3v) is 5.75. The van der Waals surface area contributed by atoms with Crippen LogP contribution in [0.4, 0.5) is 0 Å². The third-order valence-electron chi connectivity index (χ3n) is 5.50. The molecule has 0 aromatic heterocycles. The van der Waals surface area contributed by atoms with Crippen LogP contribution >= 0.6 is 11.6 Å². The van der Waals surface area contributed by atoms with Crippen LogP contribution in [0.5, 0.6) is 0 Å². The van der Waals surface area contributed by atoms with E-state index in [0.717, 1.165) is 5.56 Å². The maximum Gasteiger partial charge on any atom is 0.253 e. The molecule has 0 atom stereocenters. The number of benzene rings is 2. The number of carbonyl (C=O) groups excluding carboxylic acids is 2. The highest BCUT2D eigenvalue weighted by molar-refractivity contribution is 6.30. The molecule has 5 nitrogen and oxygen atoms in total. The SMILES string of the molecule is O=C(c1ccccc1)N1CC(Cc2ccc(Cl)cc2)(C(=O)N2CCOCC2)C1. The Kier molecular flexibility index (Phi) is 5.38. The summed E-state index contributed by atoms with van der Waals surface area (Å²) in [6, 6.07) is 16.8. The van der Waals surface area contributed by atoms with Crippen LogP contribution in [0.2, 0.25) is 5.02 Å². The zero-order valence-corrected chi connectivity index (χ0v) is 16.4. The summed E-state index contributed by atoms with van der Waals surface area (Å²) in [5, 5.41) is 0.673. The smallest absolute Gasteiger partial charge is 0.253 e. The molecule has 0 unspecified atom stereocenters. The first-order valence-electron chi connectivity index (χ1n) is 9.53. The van der Waals surface area contributed by atoms with Crippen molar-refractivity contribution in [1.29, 1.82) is 0 Å². The Balaban J connectivity index is 1.54. The molecular formula is C22H23ClN2O3. The van der Waals surface area contributed by atoms with Crippen molar-refractivity contribution in [2.75, 3.05) is 39.4 Å². The molecule has 2 fully saturated rings. The Hall–Kier alpha value is -2.37. The number of morpholine rings is 1. The first-order chi connectivity index (χ1) is 13.6. The highest BCUT2D eigenvalue weighted by atomic mass is 35.5. The quantitative estimate of drug-likeness (QED) is 0.795. The fraction of sp³-hybridized carbons (Fsp3) is 0.364. The van der Waals surface area contributed by atoms with Gasteiger partial charge in [0.1, 0.15) is 0 Å². The molecule has 0 bridgehead atoms. The fourth-order valence-electron chi connectivity index (χ4n) is 4.01. The molecule has 0 radical (unpaired) electrons. The summed E-state index contributed by atoms with van der Waals surface area (Å²) in [6.45, 7) is 3.20. The summed E-state index contributed by atoms with van der Waals surface area (Å²) in [6.07, 6.45) is 0.596. The van der Waals surface area contributed by atoms with Gasteiger partial charge >= 0.3 is 0 Å². The number of carbonyl (C=O) groups is 2. The molecule has 0 saturated carbocycles. The first-order valence-corrected chi connectivity index (χ1v) is 9.91. The minimum Gasteiger partial charge on any atom is -0.378 e. The monoisotopic (exact) mass is 398 g/mol. The van der Waals surface area contributed by atoms with E-state index in [1.165, 1.54) is 0 Å². The van der Waals surface area contributed by atoms with Crippen LogP contribution in [-0.4, -0.2) is 61.0 Å². The van der Waals surface area contributed by atoms with Gasteiger partial charge in [-0.3, -0.25) is 9.59 Å². The fourth-order valence-corrected chi connectivity index (χ4v) is 4.13. The molecular weight excluding hydrogens is 376 g/mol. The van der Waals surface area contributed by atoms with Crippen molar-refractivity contribution in [1.82, 2.24) is 9.80 Å². The third kappa shape index (κ3) is 3.77. The van der Waals surface area contributed by atoms with Crippen LogP contribution in [0.1, 0.15) is 15.9 Å². The topological polar surface area (TPSA) is 49.9 Å². The van der Waals surface area contributed by atoms with Crippen LogP contribution in [0.25, 0.3) is 0 Å². The number of halogens is 1. The average molecular weight is 399 g/mol. The summed E-state index contributed by atoms with van der Waals surface area (Å²) < 4.78 is 5.39. The number of ether oxygens (including phenoxy) is 1. The molecule has 2 aromatic rings. The highest BCUT2D eigenvalue weighted by Gasteiger charge is 2.52. The summed E-state index contributed by atoms with van der Waals surface area (Å²) in [7, 11) is 0. The Bertz CT molecular complexity index is 842. The second kappa shape index (κ2) is 7.94. The molecule has 0 aliphatic carbocycles. The Labute approximate surface area is 169 Å². The van der Waals surface area contributed by atoms with Crippen LogP contribution in [0, 0.1) is 5.41 Å². The molecule has 0 spiro atoms. The van der Waals surface area contributed by atoms with Crippen molar-refractivity contribution in [2.24, 2.45) is 5.41 Å². The summed E-state index contributed by atoms with van der Waals surface area (Å²) in [5.41, 5.74) is 1.12. The van der Waals surface area contributed by atoms with Crippen LogP contribution in [-0.2, 0) is 16.0 Å². The summed E-state index contributed by atoms with van der Waals surface area (Å²) in [5.74, 6) is 0.0879. The van der Waals surface area contributed by atoms with Gasteiger partial charge < -0.3 is 14.5 Å². The zero-order chi connectivity index (χ0) is 19.6. The number of rotatable bonds is 4. The zero-order valence-electron chi connectivity index (χ0n) is 15.6. The predicted octanol–water partition coefficient (Wildman–Crippen LogP) is 2.88. The van der Waals surface area contributed by atoms with Crippen LogP contribution in [0.15, 0.2) is 54.6 Å². The minimum atomic E-state index is -0.588. The number of likely N-dealkylation sites (tertiary alicyclic amines) is 1. The first kappa shape index (κ1) is 19.0. The molecule has 0 N–H and O–H groups in total. The summed E-state index contributed by atoms with van der Waals surface area (Å²) >= 11 is 6.01. The van der Waals surface area contributed by atoms with Gasteiger partial charge in [0.05, 0.1) is 18.6 Å². The Morgan fingerprint density at radius 2 is 1.57 bits per heavy atom. The molecule has 146 valence electrons. The van der Waals surface area contributed by atoms with Crippen molar-refractivity contribution < 1.29 is 14.3 Å². The maximum absolute atomic E-state index is 13.4. The van der Waals surface area contributed by atoms with Crippen molar-refractivity contribution in [3.05, 3.63) is 70.7 Å². The van der Waals surface area contributed by atoms with E-state index in [4.69, 9.17) is 16.3 Å². The number of hydrogen-bond acceptors (Lipinski definition) is 3. The Morgan fingerprint density at radius 1 is 0.929 bits per heavy atom. The lowest BCUT2D eigenvalue weighted by atomic mass is 9.73. The highest BCUT2D eigenvalue weighted by Crippen LogP contribution is 2.37. The number of hydrogen-bond donors (Lipinski definition) is 0. The second-order valence-electron chi connectivity index (χ2n) is 7.52. The molecule has 2 aromatic carbocycles. The van der Waals surface area contributed by atoms with Crippen molar-refractivity contribution >= 4 is 23.4 Å². The lowest BCUT2D eigenvalue weighted by Gasteiger charge is -2.51. The van der Waals surface area contributed by atoms with E-state index in [1.807, 2.05) is 59.5 Å². The van der Waals surface area contributed by atoms with E-state index in [1.54, 1.807) is 4.90 Å². The van der Waals surface area contributed by atoms with E-state index < -0.39 is 5.41 Å². The van der Waals surface area contributed by atoms with Crippen molar-refractivity contribution in [3.8, 4) is 0 Å². The van der Waals surface area contributed by atoms with Gasteiger partial charge in [-0.25, -0.2) is 0 Å². The minimum absolute atomic E-state index is 0.0258. The van der Waals surface area contributed by atoms with Gasteiger partial charge in [0.15, 0.2) is 0 Å². The van der Waals surface area contributed by atoms with E-state index in [2.05, 4.69) is 0 Å². The Morgan fingerprint density at radius 3 is 2.21 bits per heavy atom. The van der Waals surface area contributed by atoms with Gasteiger partial charge in [-0.05, 0) is 36.2 Å². The van der Waals surface area contributed by atoms with Gasteiger partial charge in [-0.1, -0.05) is 41.9 Å². The molecule has 28 heavy (non-hydrogen) atoms. The van der Waals surface area contributed by atoms with Gasteiger partial charge in [0, 0.05) is 36.8 Å². The standard InChI is InChI=1S/C22H23ClN2O3/c23-19-8-6-17(7-9-19)14-22(21(27)24-10-12-28-13-11-24)15-25(16-22)20(26)18-4-2-1-3-5-18/h1-9H,10-16H2. The number of amides is 2. The van der Waals surface area contributed by atoms with Crippen LogP contribution in [0.3, 0.4) is 0 Å². The molecule has 2 aliphatic heterocycles. The second-order valence-corrected chi connectivity index (χ2v) is 7.95. The van der Waals surface area contributed by atoms with E-state index >= 15 is 0 Å². The molecule has 2 heterocycles. The maximum atomic E-state index is 13.4. The largest absolute Gasteiger partial charge is 0.378 e. The molecule has 2 saturated heterocycles. The lowest BCUT2D eigenvalue weighted by molar-refractivity contribution is -0.155. The van der Waals surface area contributed by atoms with E-state index in [0.29, 0.717) is 56.4 Å². The molecule has 4 rings (SSSR count). The predicted molar refractivity (Wildman–Crippen MR) is 107 cm³/mol. The van der Waals surface area contributed by atoms with Crippen molar-refractivity contribution in [3.63, 3.8) is 0 Å². The van der Waals surface area contributed by atoms with Gasteiger partial charge in [-0.2, -0.15) is 0 Å². The van der Waals surface area contributed by atoms with E-state index in [-0.39, 0.29) is 11.8 Å². The van der Waals surface area contributed by atoms with Crippen LogP contribution < -0.4 is 0 Å². The number of nitrogens with zero attached hydrogens (tertiary/aromatic N) is 2. The van der Waals surface area contributed by atoms with E-state index in [9.17, 15) is 9.59 Å². The van der Waals surface area contributed by atoms with Gasteiger partial charge in [0.2, 0.25) is 5.91 Å². The normalized spacial score (nSPS) is 18.5. The van der Waals surface area contributed by atoms with Gasteiger partial charge in [-0.15, -0.1) is 0 Å². The van der Waals surface area contributed by atoms with Crippen molar-refractivity contribution in [2.45, 2.75) is 6.42 Å². The molecule has 2 amide bonds. The lowest BCUT2D eigenvalue weighted by Crippen LogP contribution is -2.66. The molecule has 2 aliphatic rings. The molecule has 6 heteroatoms. The summed E-state index contributed by atoms with van der Waals surface area (Å²) in [4.78, 5) is 29.8. The van der Waals surface area contributed by atoms with Gasteiger partial charge in [0.25, 0.3) is 5.91 Å².